The first-order valence-electron chi connectivity index (χ1n) is 5.70. The summed E-state index contributed by atoms with van der Waals surface area (Å²) in [7, 11) is 1.58. The molecule has 0 radical (unpaired) electrons. The fraction of sp³-hybridized carbons (Fsp3) is 0.0714. The second-order valence-electron chi connectivity index (χ2n) is 3.73. The highest BCUT2D eigenvalue weighted by atomic mass is 16.5. The van der Waals surface area contributed by atoms with Gasteiger partial charge in [-0.15, -0.1) is 4.91 Å². The number of rotatable bonds is 4. The summed E-state index contributed by atoms with van der Waals surface area (Å²) in [6.45, 7) is 0. The van der Waals surface area contributed by atoms with Crippen LogP contribution in [0.15, 0.2) is 64.9 Å². The van der Waals surface area contributed by atoms with E-state index in [2.05, 4.69) is 15.7 Å². The molecule has 96 valence electrons. The van der Waals surface area contributed by atoms with E-state index in [-0.39, 0.29) is 5.84 Å². The summed E-state index contributed by atoms with van der Waals surface area (Å²) in [6, 6.07) is 16.3. The van der Waals surface area contributed by atoms with Crippen molar-refractivity contribution in [3.8, 4) is 5.75 Å². The van der Waals surface area contributed by atoms with Crippen molar-refractivity contribution in [2.24, 2.45) is 10.3 Å². The Labute approximate surface area is 110 Å². The van der Waals surface area contributed by atoms with Gasteiger partial charge in [-0.2, -0.15) is 5.10 Å². The van der Waals surface area contributed by atoms with E-state index in [0.717, 1.165) is 5.69 Å². The zero-order valence-electron chi connectivity index (χ0n) is 10.4. The number of hydrogen-bond acceptors (Lipinski definition) is 4. The Bertz CT molecular complexity index is 565. The Balaban J connectivity index is 2.16. The minimum Gasteiger partial charge on any atom is -0.497 e. The number of para-hydroxylation sites is 1. The van der Waals surface area contributed by atoms with Crippen molar-refractivity contribution >= 4 is 11.5 Å². The highest BCUT2D eigenvalue weighted by Crippen LogP contribution is 2.13. The topological polar surface area (TPSA) is 63.0 Å². The normalized spacial score (nSPS) is 10.9. The maximum absolute atomic E-state index is 10.8. The van der Waals surface area contributed by atoms with Crippen LogP contribution in [0.2, 0.25) is 0 Å². The van der Waals surface area contributed by atoms with Crippen LogP contribution in [-0.4, -0.2) is 12.9 Å². The number of nitrogens with one attached hydrogen (secondary N) is 1. The summed E-state index contributed by atoms with van der Waals surface area (Å²) in [6.07, 6.45) is 0. The monoisotopic (exact) mass is 255 g/mol. The average Bonchev–Trinajstić information content (AvgIpc) is 2.49. The van der Waals surface area contributed by atoms with Gasteiger partial charge in [0.15, 0.2) is 0 Å². The van der Waals surface area contributed by atoms with Crippen molar-refractivity contribution < 1.29 is 4.74 Å². The smallest absolute Gasteiger partial charge is 0.222 e. The van der Waals surface area contributed by atoms with E-state index in [1.807, 2.05) is 30.3 Å². The molecule has 0 saturated carbocycles. The van der Waals surface area contributed by atoms with Crippen molar-refractivity contribution in [3.63, 3.8) is 0 Å². The minimum absolute atomic E-state index is 0.0894. The van der Waals surface area contributed by atoms with Gasteiger partial charge in [0.25, 0.3) is 0 Å². The molecule has 5 heteroatoms. The van der Waals surface area contributed by atoms with E-state index in [9.17, 15) is 4.91 Å². The maximum atomic E-state index is 10.8. The van der Waals surface area contributed by atoms with Crippen molar-refractivity contribution in [2.45, 2.75) is 0 Å². The van der Waals surface area contributed by atoms with Gasteiger partial charge >= 0.3 is 0 Å². The van der Waals surface area contributed by atoms with Gasteiger partial charge in [0.05, 0.1) is 12.8 Å². The van der Waals surface area contributed by atoms with Gasteiger partial charge in [-0.25, -0.2) is 0 Å². The lowest BCUT2D eigenvalue weighted by atomic mass is 10.2. The van der Waals surface area contributed by atoms with Crippen LogP contribution >= 0.6 is 0 Å². The Hall–Kier alpha value is -2.69. The predicted octanol–water partition coefficient (Wildman–Crippen LogP) is 3.24. The molecule has 0 spiro atoms. The number of benzene rings is 2. The van der Waals surface area contributed by atoms with E-state index in [0.29, 0.717) is 11.3 Å². The second kappa shape index (κ2) is 6.30. The molecule has 2 aromatic rings. The molecular weight excluding hydrogens is 242 g/mol. The molecule has 0 fully saturated rings. The van der Waals surface area contributed by atoms with Crippen LogP contribution in [0.25, 0.3) is 0 Å². The first kappa shape index (κ1) is 12.8. The van der Waals surface area contributed by atoms with Crippen LogP contribution < -0.4 is 10.2 Å². The molecule has 0 amide bonds. The van der Waals surface area contributed by atoms with E-state index < -0.39 is 0 Å². The molecule has 0 bridgehead atoms. The quantitative estimate of drug-likeness (QED) is 0.395. The van der Waals surface area contributed by atoms with Crippen LogP contribution in [0.3, 0.4) is 0 Å². The number of nitrogens with zero attached hydrogens (tertiary/aromatic N) is 2. The van der Waals surface area contributed by atoms with Crippen LogP contribution in [0.1, 0.15) is 5.56 Å². The molecule has 0 aliphatic heterocycles. The highest BCUT2D eigenvalue weighted by Gasteiger charge is 2.04. The third-order valence-electron chi connectivity index (χ3n) is 2.50. The Morgan fingerprint density at radius 2 is 1.74 bits per heavy atom. The number of methoxy groups -OCH3 is 1. The van der Waals surface area contributed by atoms with E-state index in [4.69, 9.17) is 4.74 Å². The number of ether oxygens (including phenoxy) is 1. The van der Waals surface area contributed by atoms with Gasteiger partial charge in [0.2, 0.25) is 5.84 Å². The van der Waals surface area contributed by atoms with Crippen LogP contribution in [-0.2, 0) is 0 Å². The standard InChI is InChI=1S/C14H13N3O2/c1-19-13-9-7-11(8-10-13)14(17-18)16-15-12-5-3-2-4-6-12/h2-10,15H,1H3. The average molecular weight is 255 g/mol. The summed E-state index contributed by atoms with van der Waals surface area (Å²) in [4.78, 5) is 10.8. The third kappa shape index (κ3) is 3.38. The molecule has 1 N–H and O–H groups in total. The number of nitroso groups, excluding NO2 is 1. The Morgan fingerprint density at radius 1 is 1.05 bits per heavy atom. The SMILES string of the molecule is COc1ccc(C(N=O)=NNc2ccccc2)cc1. The van der Waals surface area contributed by atoms with Gasteiger partial charge in [0.1, 0.15) is 5.75 Å². The molecule has 0 atom stereocenters. The Morgan fingerprint density at radius 3 is 2.32 bits per heavy atom. The van der Waals surface area contributed by atoms with Crippen molar-refractivity contribution in [2.75, 3.05) is 12.5 Å². The summed E-state index contributed by atoms with van der Waals surface area (Å²) in [5, 5.41) is 6.91. The van der Waals surface area contributed by atoms with E-state index in [1.54, 1.807) is 31.4 Å². The summed E-state index contributed by atoms with van der Waals surface area (Å²) in [5.41, 5.74) is 4.20. The second-order valence-corrected chi connectivity index (χ2v) is 3.73. The van der Waals surface area contributed by atoms with E-state index >= 15 is 0 Å². The molecule has 0 aliphatic rings. The molecule has 2 rings (SSSR count). The summed E-state index contributed by atoms with van der Waals surface area (Å²) in [5.74, 6) is 0.802. The lowest BCUT2D eigenvalue weighted by molar-refractivity contribution is 0.415. The molecular formula is C14H13N3O2. The fourth-order valence-electron chi connectivity index (χ4n) is 1.51. The van der Waals surface area contributed by atoms with Gasteiger partial charge in [0, 0.05) is 5.56 Å². The van der Waals surface area contributed by atoms with Crippen LogP contribution in [0.4, 0.5) is 5.69 Å². The lowest BCUT2D eigenvalue weighted by Crippen LogP contribution is -2.00. The number of amidine groups is 1. The highest BCUT2D eigenvalue weighted by molar-refractivity contribution is 5.99. The molecule has 0 aliphatic carbocycles. The van der Waals surface area contributed by atoms with Crippen molar-refractivity contribution in [1.29, 1.82) is 0 Å². The van der Waals surface area contributed by atoms with Crippen molar-refractivity contribution in [3.05, 3.63) is 65.1 Å². The summed E-state index contributed by atoms with van der Waals surface area (Å²) >= 11 is 0. The molecule has 0 saturated heterocycles. The molecule has 2 aromatic carbocycles. The lowest BCUT2D eigenvalue weighted by Gasteiger charge is -2.03. The van der Waals surface area contributed by atoms with Crippen LogP contribution in [0, 0.1) is 4.91 Å². The van der Waals surface area contributed by atoms with Crippen molar-refractivity contribution in [1.82, 2.24) is 0 Å². The van der Waals surface area contributed by atoms with Gasteiger partial charge in [-0.3, -0.25) is 5.43 Å². The zero-order valence-corrected chi connectivity index (χ0v) is 10.4. The predicted molar refractivity (Wildman–Crippen MR) is 75.4 cm³/mol. The third-order valence-corrected chi connectivity index (χ3v) is 2.50. The largest absolute Gasteiger partial charge is 0.497 e. The number of anilines is 1. The van der Waals surface area contributed by atoms with Gasteiger partial charge < -0.3 is 4.74 Å². The van der Waals surface area contributed by atoms with Crippen LogP contribution in [0.5, 0.6) is 5.75 Å². The van der Waals surface area contributed by atoms with E-state index in [1.165, 1.54) is 0 Å². The molecule has 0 unspecified atom stereocenters. The summed E-state index contributed by atoms with van der Waals surface area (Å²) < 4.78 is 5.05. The first-order valence-corrected chi connectivity index (χ1v) is 5.70. The zero-order chi connectivity index (χ0) is 13.5. The molecule has 0 aromatic heterocycles. The first-order chi connectivity index (χ1) is 9.33. The van der Waals surface area contributed by atoms with Gasteiger partial charge in [-0.05, 0) is 41.6 Å². The number of hydrogen-bond donors (Lipinski definition) is 1. The fourth-order valence-corrected chi connectivity index (χ4v) is 1.51. The molecule has 0 heterocycles. The number of hydrazone groups is 1. The molecule has 19 heavy (non-hydrogen) atoms. The Kier molecular flexibility index (Phi) is 4.23. The maximum Gasteiger partial charge on any atom is 0.222 e. The van der Waals surface area contributed by atoms with Gasteiger partial charge in [-0.1, -0.05) is 18.2 Å². The minimum atomic E-state index is 0.0894. The molecule has 5 nitrogen and oxygen atoms in total.